The molecule has 0 aromatic carbocycles. The zero-order valence-corrected chi connectivity index (χ0v) is 8.47. The van der Waals surface area contributed by atoms with Crippen LogP contribution >= 0.6 is 11.8 Å². The monoisotopic (exact) mass is 195 g/mol. The predicted octanol–water partition coefficient (Wildman–Crippen LogP) is 1.87. The average molecular weight is 195 g/mol. The third-order valence-electron chi connectivity index (χ3n) is 2.00. The van der Waals surface area contributed by atoms with Crippen LogP contribution in [0.5, 0.6) is 0 Å². The maximum Gasteiger partial charge on any atom is 0.189 e. The summed E-state index contributed by atoms with van der Waals surface area (Å²) in [5.74, 6) is 2.62. The number of hydrogen-bond acceptors (Lipinski definition) is 4. The summed E-state index contributed by atoms with van der Waals surface area (Å²) in [4.78, 5) is 8.47. The lowest BCUT2D eigenvalue weighted by Crippen LogP contribution is -1.97. The van der Waals surface area contributed by atoms with Gasteiger partial charge in [0.1, 0.15) is 5.82 Å². The van der Waals surface area contributed by atoms with E-state index in [1.54, 1.807) is 17.8 Å². The van der Waals surface area contributed by atoms with Crippen LogP contribution in [-0.4, -0.2) is 15.7 Å². The molecule has 0 radical (unpaired) electrons. The second kappa shape index (κ2) is 3.54. The van der Waals surface area contributed by atoms with Gasteiger partial charge >= 0.3 is 0 Å². The molecule has 0 amide bonds. The van der Waals surface area contributed by atoms with E-state index in [4.69, 9.17) is 5.73 Å². The number of aryl methyl sites for hydroxylation is 1. The Morgan fingerprint density at radius 3 is 2.92 bits per heavy atom. The van der Waals surface area contributed by atoms with E-state index in [-0.39, 0.29) is 0 Å². The van der Waals surface area contributed by atoms with E-state index in [9.17, 15) is 0 Å². The van der Waals surface area contributed by atoms with Crippen LogP contribution in [0.2, 0.25) is 0 Å². The highest BCUT2D eigenvalue weighted by Crippen LogP contribution is 2.34. The number of thioether (sulfide) groups is 1. The minimum atomic E-state index is 0.575. The zero-order valence-electron chi connectivity index (χ0n) is 7.66. The highest BCUT2D eigenvalue weighted by molar-refractivity contribution is 7.99. The van der Waals surface area contributed by atoms with Gasteiger partial charge in [0.25, 0.3) is 0 Å². The first-order valence-corrected chi connectivity index (χ1v) is 5.46. The average Bonchev–Trinajstić information content (AvgIpc) is 2.81. The molecule has 1 aliphatic rings. The van der Waals surface area contributed by atoms with Crippen LogP contribution in [0.3, 0.4) is 0 Å². The van der Waals surface area contributed by atoms with Gasteiger partial charge in [-0.15, -0.1) is 0 Å². The first-order valence-electron chi connectivity index (χ1n) is 4.48. The summed E-state index contributed by atoms with van der Waals surface area (Å²) < 4.78 is 0. The van der Waals surface area contributed by atoms with Gasteiger partial charge in [-0.2, -0.15) is 0 Å². The van der Waals surface area contributed by atoms with Crippen LogP contribution < -0.4 is 5.73 Å². The number of anilines is 1. The maximum absolute atomic E-state index is 5.62. The van der Waals surface area contributed by atoms with Gasteiger partial charge in [0.2, 0.25) is 0 Å². The summed E-state index contributed by atoms with van der Waals surface area (Å²) in [5.41, 5.74) is 6.57. The van der Waals surface area contributed by atoms with E-state index in [0.29, 0.717) is 5.82 Å². The summed E-state index contributed by atoms with van der Waals surface area (Å²) in [5, 5.41) is 0.824. The van der Waals surface area contributed by atoms with E-state index < -0.39 is 0 Å². The molecule has 1 fully saturated rings. The van der Waals surface area contributed by atoms with Gasteiger partial charge in [0.15, 0.2) is 5.16 Å². The first kappa shape index (κ1) is 8.81. The molecule has 1 heterocycles. The Hall–Kier alpha value is -0.770. The van der Waals surface area contributed by atoms with E-state index in [0.717, 1.165) is 22.5 Å². The van der Waals surface area contributed by atoms with Gasteiger partial charge in [-0.3, -0.25) is 0 Å². The van der Waals surface area contributed by atoms with E-state index in [1.165, 1.54) is 12.8 Å². The Morgan fingerprint density at radius 2 is 2.31 bits per heavy atom. The molecule has 1 aromatic rings. The molecule has 2 rings (SSSR count). The molecular weight excluding hydrogens is 182 g/mol. The van der Waals surface area contributed by atoms with Crippen molar-refractivity contribution in [1.82, 2.24) is 9.97 Å². The fourth-order valence-electron chi connectivity index (χ4n) is 1.11. The molecule has 1 aliphatic carbocycles. The van der Waals surface area contributed by atoms with Crippen molar-refractivity contribution in [1.29, 1.82) is 0 Å². The molecule has 70 valence electrons. The summed E-state index contributed by atoms with van der Waals surface area (Å²) >= 11 is 1.72. The van der Waals surface area contributed by atoms with Crippen molar-refractivity contribution in [3.8, 4) is 0 Å². The Labute approximate surface area is 82.2 Å². The molecule has 0 unspecified atom stereocenters. The Bertz CT molecular complexity index is 289. The number of rotatable bonds is 3. The van der Waals surface area contributed by atoms with Crippen molar-refractivity contribution in [2.24, 2.45) is 5.92 Å². The van der Waals surface area contributed by atoms with Crippen LogP contribution in [-0.2, 0) is 0 Å². The van der Waals surface area contributed by atoms with E-state index >= 15 is 0 Å². The molecule has 4 heteroatoms. The molecule has 0 atom stereocenters. The van der Waals surface area contributed by atoms with Gasteiger partial charge in [-0.05, 0) is 25.7 Å². The van der Waals surface area contributed by atoms with Crippen LogP contribution in [0.1, 0.15) is 18.5 Å². The number of aromatic nitrogens is 2. The Kier molecular flexibility index (Phi) is 2.40. The molecule has 0 spiro atoms. The lowest BCUT2D eigenvalue weighted by atomic mass is 10.4. The molecule has 0 aliphatic heterocycles. The van der Waals surface area contributed by atoms with Crippen molar-refractivity contribution in [2.75, 3.05) is 11.5 Å². The fourth-order valence-corrected chi connectivity index (χ4v) is 2.20. The van der Waals surface area contributed by atoms with Gasteiger partial charge in [-0.1, -0.05) is 11.8 Å². The normalized spacial score (nSPS) is 16.1. The third kappa shape index (κ3) is 2.59. The summed E-state index contributed by atoms with van der Waals surface area (Å²) in [6.45, 7) is 1.94. The van der Waals surface area contributed by atoms with Crippen LogP contribution in [0, 0.1) is 12.8 Å². The third-order valence-corrected chi connectivity index (χ3v) is 3.08. The standard InChI is InChI=1S/C9H13N3S/c1-6-4-8(10)12-9(11-6)13-5-7-2-3-7/h4,7H,2-3,5H2,1H3,(H2,10,11,12). The minimum Gasteiger partial charge on any atom is -0.384 e. The van der Waals surface area contributed by atoms with Crippen molar-refractivity contribution in [2.45, 2.75) is 24.9 Å². The van der Waals surface area contributed by atoms with Crippen LogP contribution in [0.4, 0.5) is 5.82 Å². The van der Waals surface area contributed by atoms with E-state index in [1.807, 2.05) is 6.92 Å². The van der Waals surface area contributed by atoms with Gasteiger partial charge in [0.05, 0.1) is 0 Å². The Balaban J connectivity index is 2.01. The smallest absolute Gasteiger partial charge is 0.189 e. The summed E-state index contributed by atoms with van der Waals surface area (Å²) in [6.07, 6.45) is 2.74. The van der Waals surface area contributed by atoms with E-state index in [2.05, 4.69) is 9.97 Å². The summed E-state index contributed by atoms with van der Waals surface area (Å²) in [7, 11) is 0. The highest BCUT2D eigenvalue weighted by atomic mass is 32.2. The van der Waals surface area contributed by atoms with Crippen molar-refractivity contribution >= 4 is 17.6 Å². The lowest BCUT2D eigenvalue weighted by molar-refractivity contribution is 0.927. The molecule has 1 saturated carbocycles. The van der Waals surface area contributed by atoms with Crippen molar-refractivity contribution in [3.63, 3.8) is 0 Å². The number of nitrogen functional groups attached to an aromatic ring is 1. The molecule has 13 heavy (non-hydrogen) atoms. The molecule has 2 N–H and O–H groups in total. The molecular formula is C9H13N3S. The van der Waals surface area contributed by atoms with Gasteiger partial charge < -0.3 is 5.73 Å². The lowest BCUT2D eigenvalue weighted by Gasteiger charge is -2.01. The molecule has 0 bridgehead atoms. The summed E-state index contributed by atoms with van der Waals surface area (Å²) in [6, 6.07) is 1.79. The number of hydrogen-bond donors (Lipinski definition) is 1. The number of nitrogens with two attached hydrogens (primary N) is 1. The second-order valence-corrected chi connectivity index (χ2v) is 4.46. The first-order chi connectivity index (χ1) is 6.24. The molecule has 0 saturated heterocycles. The largest absolute Gasteiger partial charge is 0.384 e. The maximum atomic E-state index is 5.62. The second-order valence-electron chi connectivity index (χ2n) is 3.47. The van der Waals surface area contributed by atoms with Crippen LogP contribution in [0.25, 0.3) is 0 Å². The van der Waals surface area contributed by atoms with Crippen LogP contribution in [0.15, 0.2) is 11.2 Å². The Morgan fingerprint density at radius 1 is 1.54 bits per heavy atom. The molecule has 1 aromatic heterocycles. The molecule has 3 nitrogen and oxygen atoms in total. The predicted molar refractivity (Wildman–Crippen MR) is 54.6 cm³/mol. The highest BCUT2D eigenvalue weighted by Gasteiger charge is 2.21. The quantitative estimate of drug-likeness (QED) is 0.591. The SMILES string of the molecule is Cc1cc(N)nc(SCC2CC2)n1. The minimum absolute atomic E-state index is 0.575. The number of nitrogens with zero attached hydrogens (tertiary/aromatic N) is 2. The van der Waals surface area contributed by atoms with Gasteiger partial charge in [0, 0.05) is 17.5 Å². The zero-order chi connectivity index (χ0) is 9.26. The fraction of sp³-hybridized carbons (Fsp3) is 0.556. The van der Waals surface area contributed by atoms with Crippen molar-refractivity contribution < 1.29 is 0 Å². The van der Waals surface area contributed by atoms with Gasteiger partial charge in [-0.25, -0.2) is 9.97 Å². The topological polar surface area (TPSA) is 51.8 Å². The van der Waals surface area contributed by atoms with Crippen molar-refractivity contribution in [3.05, 3.63) is 11.8 Å².